The molecule has 1 unspecified atom stereocenters. The molecule has 0 fully saturated rings. The average Bonchev–Trinajstić information content (AvgIpc) is 3.68. The highest BCUT2D eigenvalue weighted by atomic mass is 16.3. The Balaban J connectivity index is 1.02. The summed E-state index contributed by atoms with van der Waals surface area (Å²) in [5, 5.41) is 8.12. The minimum atomic E-state index is -0.438. The fourth-order valence-electron chi connectivity index (χ4n) is 8.27. The van der Waals surface area contributed by atoms with Gasteiger partial charge < -0.3 is 9.73 Å². The van der Waals surface area contributed by atoms with Crippen LogP contribution < -0.4 is 5.32 Å². The van der Waals surface area contributed by atoms with Crippen molar-refractivity contribution in [3.8, 4) is 44.5 Å². The second kappa shape index (κ2) is 14.6. The monoisotopic (exact) mass is 755 g/mol. The van der Waals surface area contributed by atoms with Crippen LogP contribution in [0, 0.1) is 0 Å². The average molecular weight is 756 g/mol. The molecule has 9 aromatic carbocycles. The summed E-state index contributed by atoms with van der Waals surface area (Å²) >= 11 is 0. The van der Waals surface area contributed by atoms with Crippen molar-refractivity contribution in [1.29, 1.82) is 0 Å². The number of amidine groups is 2. The first kappa shape index (κ1) is 34.4. The van der Waals surface area contributed by atoms with Gasteiger partial charge in [-0.25, -0.2) is 9.98 Å². The van der Waals surface area contributed by atoms with Gasteiger partial charge in [-0.2, -0.15) is 0 Å². The molecule has 1 N–H and O–H groups in total. The van der Waals surface area contributed by atoms with Gasteiger partial charge in [0.15, 0.2) is 6.17 Å². The van der Waals surface area contributed by atoms with Gasteiger partial charge in [0.2, 0.25) is 0 Å². The van der Waals surface area contributed by atoms with Crippen LogP contribution in [0.4, 0.5) is 0 Å². The molecule has 278 valence electrons. The first-order valence-corrected chi connectivity index (χ1v) is 20.0. The molecule has 10 aromatic rings. The molecule has 1 aliphatic heterocycles. The maximum absolute atomic E-state index is 6.70. The third kappa shape index (κ3) is 6.57. The summed E-state index contributed by atoms with van der Waals surface area (Å²) in [6, 6.07) is 74.7. The van der Waals surface area contributed by atoms with Crippen molar-refractivity contribution in [1.82, 2.24) is 5.32 Å². The first-order chi connectivity index (χ1) is 29.2. The van der Waals surface area contributed by atoms with Crippen LogP contribution >= 0.6 is 0 Å². The Labute approximate surface area is 342 Å². The molecular weight excluding hydrogens is 719 g/mol. The van der Waals surface area contributed by atoms with Crippen molar-refractivity contribution in [2.75, 3.05) is 0 Å². The Bertz CT molecular complexity index is 3200. The molecule has 0 bridgehead atoms. The Hall–Kier alpha value is -7.82. The lowest BCUT2D eigenvalue weighted by Gasteiger charge is -2.23. The van der Waals surface area contributed by atoms with Crippen LogP contribution in [0.1, 0.15) is 22.9 Å². The van der Waals surface area contributed by atoms with Gasteiger partial charge in [0, 0.05) is 21.9 Å². The number of nitrogens with one attached hydrogen (secondary N) is 1. The third-order valence-electron chi connectivity index (χ3n) is 11.3. The summed E-state index contributed by atoms with van der Waals surface area (Å²) < 4.78 is 6.70. The SMILES string of the molecule is c1ccc(C2=NC(c3ccc(-c4cc(-c5ccc(-c6ccccc6)cc5)cc5oc6cc7ccccc7cc6c45)cc3)N=C(c3cccc(-c4ccccc4)c3)N2)cc1. The maximum atomic E-state index is 6.70. The molecule has 0 saturated carbocycles. The van der Waals surface area contributed by atoms with Gasteiger partial charge in [0.1, 0.15) is 22.8 Å². The molecule has 4 heteroatoms. The molecule has 0 spiro atoms. The lowest BCUT2D eigenvalue weighted by molar-refractivity contribution is 0.669. The van der Waals surface area contributed by atoms with Crippen molar-refractivity contribution in [2.45, 2.75) is 6.17 Å². The number of rotatable bonds is 7. The van der Waals surface area contributed by atoms with E-state index < -0.39 is 6.17 Å². The third-order valence-corrected chi connectivity index (χ3v) is 11.3. The van der Waals surface area contributed by atoms with E-state index in [4.69, 9.17) is 14.4 Å². The van der Waals surface area contributed by atoms with E-state index in [0.29, 0.717) is 0 Å². The number of benzene rings is 9. The highest BCUT2D eigenvalue weighted by Gasteiger charge is 2.22. The normalized spacial score (nSPS) is 13.9. The second-order valence-electron chi connectivity index (χ2n) is 15.0. The van der Waals surface area contributed by atoms with E-state index in [9.17, 15) is 0 Å². The van der Waals surface area contributed by atoms with Gasteiger partial charge in [0.25, 0.3) is 0 Å². The van der Waals surface area contributed by atoms with Crippen molar-refractivity contribution in [2.24, 2.45) is 9.98 Å². The van der Waals surface area contributed by atoms with E-state index in [0.717, 1.165) is 89.1 Å². The molecule has 2 heterocycles. The molecule has 1 atom stereocenters. The number of hydrogen-bond donors (Lipinski definition) is 1. The van der Waals surface area contributed by atoms with Crippen molar-refractivity contribution >= 4 is 44.4 Å². The predicted octanol–water partition coefficient (Wildman–Crippen LogP) is 13.9. The lowest BCUT2D eigenvalue weighted by Crippen LogP contribution is -2.36. The van der Waals surface area contributed by atoms with E-state index in [1.54, 1.807) is 0 Å². The molecule has 0 saturated heterocycles. The quantitative estimate of drug-likeness (QED) is 0.176. The van der Waals surface area contributed by atoms with Crippen LogP contribution in [0.25, 0.3) is 77.2 Å². The second-order valence-corrected chi connectivity index (χ2v) is 15.0. The van der Waals surface area contributed by atoms with E-state index in [1.807, 2.05) is 24.3 Å². The maximum Gasteiger partial charge on any atom is 0.169 e. The summed E-state index contributed by atoms with van der Waals surface area (Å²) in [5.74, 6) is 1.58. The lowest BCUT2D eigenvalue weighted by atomic mass is 9.92. The highest BCUT2D eigenvalue weighted by molar-refractivity contribution is 6.17. The summed E-state index contributed by atoms with van der Waals surface area (Å²) in [5.41, 5.74) is 13.9. The van der Waals surface area contributed by atoms with Crippen LogP contribution in [-0.4, -0.2) is 11.7 Å². The molecule has 0 aliphatic carbocycles. The van der Waals surface area contributed by atoms with E-state index in [2.05, 4.69) is 193 Å². The number of fused-ring (bicyclic) bond motifs is 4. The summed E-state index contributed by atoms with van der Waals surface area (Å²) in [7, 11) is 0. The van der Waals surface area contributed by atoms with Crippen LogP contribution in [0.3, 0.4) is 0 Å². The molecule has 4 nitrogen and oxygen atoms in total. The number of furan rings is 1. The van der Waals surface area contributed by atoms with Crippen molar-refractivity contribution < 1.29 is 4.42 Å². The van der Waals surface area contributed by atoms with Crippen LogP contribution in [0.5, 0.6) is 0 Å². The van der Waals surface area contributed by atoms with Crippen molar-refractivity contribution in [3.05, 3.63) is 229 Å². The van der Waals surface area contributed by atoms with E-state index >= 15 is 0 Å². The first-order valence-electron chi connectivity index (χ1n) is 20.0. The molecular formula is C55H37N3O. The van der Waals surface area contributed by atoms with Gasteiger partial charge in [-0.15, -0.1) is 0 Å². The topological polar surface area (TPSA) is 49.9 Å². The molecule has 1 aromatic heterocycles. The summed E-state index contributed by atoms with van der Waals surface area (Å²) in [6.45, 7) is 0. The van der Waals surface area contributed by atoms with E-state index in [1.165, 1.54) is 16.5 Å². The Morgan fingerprint density at radius 2 is 0.864 bits per heavy atom. The zero-order chi connectivity index (χ0) is 39.1. The summed E-state index contributed by atoms with van der Waals surface area (Å²) in [6.07, 6.45) is -0.438. The number of hydrogen-bond acceptors (Lipinski definition) is 4. The van der Waals surface area contributed by atoms with Crippen LogP contribution in [-0.2, 0) is 0 Å². The van der Waals surface area contributed by atoms with Crippen molar-refractivity contribution in [3.63, 3.8) is 0 Å². The zero-order valence-corrected chi connectivity index (χ0v) is 32.1. The molecule has 0 radical (unpaired) electrons. The standard InChI is InChI=1S/C55H37N3O/c1-4-13-36(14-5-1)38-23-25-39(26-24-38)47-33-48(52-49-32-44-19-10-11-20-45(44)34-50(49)59-51(52)35-47)40-27-29-42(30-28-40)54-56-53(41-17-8-3-9-18-41)57-55(58-54)46-22-12-21-43(31-46)37-15-6-2-7-16-37/h1-35,54H,(H,56,57,58). The van der Waals surface area contributed by atoms with Crippen LogP contribution in [0.15, 0.2) is 227 Å². The minimum Gasteiger partial charge on any atom is -0.456 e. The zero-order valence-electron chi connectivity index (χ0n) is 32.1. The molecule has 0 amide bonds. The Morgan fingerprint density at radius 1 is 0.356 bits per heavy atom. The Kier molecular flexibility index (Phi) is 8.52. The largest absolute Gasteiger partial charge is 0.456 e. The molecule has 59 heavy (non-hydrogen) atoms. The predicted molar refractivity (Wildman–Crippen MR) is 245 cm³/mol. The molecule has 1 aliphatic rings. The Morgan fingerprint density at radius 3 is 1.54 bits per heavy atom. The number of aliphatic imine (C=N–C) groups is 2. The fraction of sp³-hybridized carbons (Fsp3) is 0.0182. The van der Waals surface area contributed by atoms with Gasteiger partial charge in [-0.1, -0.05) is 182 Å². The van der Waals surface area contributed by atoms with Crippen LogP contribution in [0.2, 0.25) is 0 Å². The van der Waals surface area contributed by atoms with Gasteiger partial charge >= 0.3 is 0 Å². The molecule has 11 rings (SSSR count). The minimum absolute atomic E-state index is 0.438. The fourth-order valence-corrected chi connectivity index (χ4v) is 8.27. The van der Waals surface area contributed by atoms with Gasteiger partial charge in [-0.05, 0) is 91.2 Å². The smallest absolute Gasteiger partial charge is 0.169 e. The van der Waals surface area contributed by atoms with Gasteiger partial charge in [0.05, 0.1) is 0 Å². The van der Waals surface area contributed by atoms with Gasteiger partial charge in [-0.3, -0.25) is 0 Å². The summed E-state index contributed by atoms with van der Waals surface area (Å²) in [4.78, 5) is 10.4. The highest BCUT2D eigenvalue weighted by Crippen LogP contribution is 2.42. The number of nitrogens with zero attached hydrogens (tertiary/aromatic N) is 2. The van der Waals surface area contributed by atoms with E-state index in [-0.39, 0.29) is 0 Å².